The molecule has 5 nitrogen and oxygen atoms in total. The van der Waals surface area contributed by atoms with Gasteiger partial charge in [-0.1, -0.05) is 24.3 Å². The van der Waals surface area contributed by atoms with Gasteiger partial charge in [0.1, 0.15) is 12.1 Å². The van der Waals surface area contributed by atoms with Crippen LogP contribution in [-0.4, -0.2) is 51.9 Å². The van der Waals surface area contributed by atoms with E-state index in [0.717, 1.165) is 19.3 Å². The third-order valence-corrected chi connectivity index (χ3v) is 6.55. The maximum absolute atomic E-state index is 13.1. The van der Waals surface area contributed by atoms with Gasteiger partial charge in [-0.3, -0.25) is 9.59 Å². The Bertz CT molecular complexity index is 719. The second kappa shape index (κ2) is 6.72. The molecule has 0 aromatic heterocycles. The van der Waals surface area contributed by atoms with E-state index < -0.39 is 0 Å². The van der Waals surface area contributed by atoms with Crippen LogP contribution in [0, 0.1) is 17.2 Å². The van der Waals surface area contributed by atoms with Gasteiger partial charge in [-0.15, -0.1) is 11.8 Å². The smallest absolute Gasteiger partial charge is 0.247 e. The second-order valence-corrected chi connectivity index (χ2v) is 8.02. The van der Waals surface area contributed by atoms with Crippen LogP contribution in [0.1, 0.15) is 24.0 Å². The molecule has 25 heavy (non-hydrogen) atoms. The van der Waals surface area contributed by atoms with E-state index in [1.165, 1.54) is 11.1 Å². The first kappa shape index (κ1) is 16.5. The molecule has 2 aliphatic heterocycles. The summed E-state index contributed by atoms with van der Waals surface area (Å²) < 4.78 is 0. The summed E-state index contributed by atoms with van der Waals surface area (Å²) in [5.41, 5.74) is 2.51. The summed E-state index contributed by atoms with van der Waals surface area (Å²) in [5, 5.41) is 9.24. The monoisotopic (exact) mass is 355 g/mol. The van der Waals surface area contributed by atoms with Crippen LogP contribution in [0.5, 0.6) is 0 Å². The Kier molecular flexibility index (Phi) is 4.43. The number of fused-ring (bicyclic) bond motifs is 1. The standard InChI is InChI=1S/C19H21N3O2S/c20-10-16-11-25-12-22(16)19(24)17-6-3-7-21(17)18(23)15-8-13-4-1-2-5-14(13)9-15/h1-2,4-5,15-17H,3,6-9,11-12H2/t16-,17+/m1/s1. The molecule has 1 aromatic rings. The number of benzene rings is 1. The van der Waals surface area contributed by atoms with Crippen molar-refractivity contribution >= 4 is 23.6 Å². The van der Waals surface area contributed by atoms with E-state index >= 15 is 0 Å². The highest BCUT2D eigenvalue weighted by Gasteiger charge is 2.42. The van der Waals surface area contributed by atoms with Crippen molar-refractivity contribution in [3.05, 3.63) is 35.4 Å². The Hall–Kier alpha value is -2.00. The maximum atomic E-state index is 13.1. The van der Waals surface area contributed by atoms with Crippen molar-refractivity contribution in [3.63, 3.8) is 0 Å². The molecule has 2 atom stereocenters. The molecule has 2 amide bonds. The molecular formula is C19H21N3O2S. The van der Waals surface area contributed by atoms with Crippen LogP contribution in [0.3, 0.4) is 0 Å². The predicted molar refractivity (Wildman–Crippen MR) is 95.6 cm³/mol. The van der Waals surface area contributed by atoms with Gasteiger partial charge in [-0.05, 0) is 36.8 Å². The van der Waals surface area contributed by atoms with Gasteiger partial charge in [0.2, 0.25) is 11.8 Å². The molecule has 3 aliphatic rings. The Morgan fingerprint density at radius 3 is 2.52 bits per heavy atom. The van der Waals surface area contributed by atoms with Crippen LogP contribution in [0.25, 0.3) is 0 Å². The molecular weight excluding hydrogens is 334 g/mol. The van der Waals surface area contributed by atoms with Gasteiger partial charge in [0.05, 0.1) is 11.9 Å². The molecule has 2 fully saturated rings. The highest BCUT2D eigenvalue weighted by atomic mass is 32.2. The van der Waals surface area contributed by atoms with E-state index in [1.807, 2.05) is 12.1 Å². The summed E-state index contributed by atoms with van der Waals surface area (Å²) in [6, 6.07) is 9.68. The summed E-state index contributed by atoms with van der Waals surface area (Å²) in [6.07, 6.45) is 3.11. The number of amides is 2. The van der Waals surface area contributed by atoms with E-state index in [-0.39, 0.29) is 29.8 Å². The minimum Gasteiger partial charge on any atom is -0.330 e. The Labute approximate surface area is 152 Å². The predicted octanol–water partition coefficient (Wildman–Crippen LogP) is 1.82. The van der Waals surface area contributed by atoms with Gasteiger partial charge in [-0.25, -0.2) is 0 Å². The van der Waals surface area contributed by atoms with Crippen molar-refractivity contribution < 1.29 is 9.59 Å². The van der Waals surface area contributed by atoms with E-state index in [1.54, 1.807) is 21.6 Å². The number of carbonyl (C=O) groups excluding carboxylic acids is 2. The summed E-state index contributed by atoms with van der Waals surface area (Å²) >= 11 is 1.61. The highest BCUT2D eigenvalue weighted by molar-refractivity contribution is 7.99. The minimum absolute atomic E-state index is 0.0436. The molecule has 0 bridgehead atoms. The molecule has 0 radical (unpaired) electrons. The first-order valence-corrected chi connectivity index (χ1v) is 9.99. The molecule has 2 saturated heterocycles. The van der Waals surface area contributed by atoms with Crippen LogP contribution in [-0.2, 0) is 22.4 Å². The number of thioether (sulfide) groups is 1. The molecule has 6 heteroatoms. The van der Waals surface area contributed by atoms with Crippen molar-refractivity contribution in [3.8, 4) is 6.07 Å². The molecule has 0 spiro atoms. The summed E-state index contributed by atoms with van der Waals surface area (Å²) in [5.74, 6) is 1.24. The fourth-order valence-corrected chi connectivity index (χ4v) is 5.30. The largest absolute Gasteiger partial charge is 0.330 e. The average Bonchev–Trinajstić information content (AvgIpc) is 3.38. The third kappa shape index (κ3) is 2.91. The Morgan fingerprint density at radius 2 is 1.84 bits per heavy atom. The Morgan fingerprint density at radius 1 is 1.12 bits per heavy atom. The van der Waals surface area contributed by atoms with Crippen molar-refractivity contribution in [2.24, 2.45) is 5.92 Å². The zero-order valence-electron chi connectivity index (χ0n) is 14.1. The van der Waals surface area contributed by atoms with Gasteiger partial charge in [0.25, 0.3) is 0 Å². The molecule has 1 aromatic carbocycles. The normalized spacial score (nSPS) is 25.9. The van der Waals surface area contributed by atoms with Gasteiger partial charge in [-0.2, -0.15) is 5.26 Å². The van der Waals surface area contributed by atoms with E-state index in [2.05, 4.69) is 18.2 Å². The van der Waals surface area contributed by atoms with Crippen molar-refractivity contribution in [1.29, 1.82) is 5.26 Å². The number of nitrogens with zero attached hydrogens (tertiary/aromatic N) is 3. The van der Waals surface area contributed by atoms with Crippen molar-refractivity contribution in [1.82, 2.24) is 9.80 Å². The molecule has 2 heterocycles. The number of hydrogen-bond donors (Lipinski definition) is 0. The minimum atomic E-state index is -0.384. The Balaban J connectivity index is 1.48. The van der Waals surface area contributed by atoms with Gasteiger partial charge >= 0.3 is 0 Å². The van der Waals surface area contributed by atoms with Gasteiger partial charge in [0, 0.05) is 18.2 Å². The van der Waals surface area contributed by atoms with Crippen LogP contribution < -0.4 is 0 Å². The number of carbonyl (C=O) groups is 2. The lowest BCUT2D eigenvalue weighted by molar-refractivity contribution is -0.145. The van der Waals surface area contributed by atoms with Gasteiger partial charge in [0.15, 0.2) is 0 Å². The lowest BCUT2D eigenvalue weighted by atomic mass is 10.0. The van der Waals surface area contributed by atoms with E-state index in [4.69, 9.17) is 0 Å². The van der Waals surface area contributed by atoms with Crippen LogP contribution in [0.15, 0.2) is 24.3 Å². The topological polar surface area (TPSA) is 64.4 Å². The fraction of sp³-hybridized carbons (Fsp3) is 0.526. The third-order valence-electron chi connectivity index (χ3n) is 5.54. The zero-order chi connectivity index (χ0) is 17.4. The van der Waals surface area contributed by atoms with Crippen LogP contribution in [0.2, 0.25) is 0 Å². The van der Waals surface area contributed by atoms with Crippen LogP contribution >= 0.6 is 11.8 Å². The lowest BCUT2D eigenvalue weighted by Crippen LogP contribution is -2.50. The number of likely N-dealkylation sites (tertiary alicyclic amines) is 1. The fourth-order valence-electron chi connectivity index (χ4n) is 4.21. The molecule has 130 valence electrons. The molecule has 0 unspecified atom stereocenters. The number of rotatable bonds is 2. The first-order chi connectivity index (χ1) is 12.2. The zero-order valence-corrected chi connectivity index (χ0v) is 14.9. The van der Waals surface area contributed by atoms with Crippen LogP contribution in [0.4, 0.5) is 0 Å². The number of hydrogen-bond acceptors (Lipinski definition) is 4. The average molecular weight is 355 g/mol. The second-order valence-electron chi connectivity index (χ2n) is 7.02. The SMILES string of the molecule is N#C[C@@H]1CSCN1C(=O)[C@@H]1CCCN1C(=O)C1Cc2ccccc2C1. The maximum Gasteiger partial charge on any atom is 0.247 e. The molecule has 1 aliphatic carbocycles. The summed E-state index contributed by atoms with van der Waals surface area (Å²) in [7, 11) is 0. The lowest BCUT2D eigenvalue weighted by Gasteiger charge is -2.30. The number of nitriles is 1. The molecule has 0 saturated carbocycles. The summed E-state index contributed by atoms with van der Waals surface area (Å²) in [4.78, 5) is 29.5. The van der Waals surface area contributed by atoms with Crippen molar-refractivity contribution in [2.45, 2.75) is 37.8 Å². The highest BCUT2D eigenvalue weighted by Crippen LogP contribution is 2.32. The van der Waals surface area contributed by atoms with E-state index in [9.17, 15) is 14.9 Å². The van der Waals surface area contributed by atoms with Gasteiger partial charge < -0.3 is 9.80 Å². The quantitative estimate of drug-likeness (QED) is 0.812. The molecule has 0 N–H and O–H groups in total. The van der Waals surface area contributed by atoms with E-state index in [0.29, 0.717) is 24.6 Å². The first-order valence-electron chi connectivity index (χ1n) is 8.84. The summed E-state index contributed by atoms with van der Waals surface area (Å²) in [6.45, 7) is 0.653. The molecule has 4 rings (SSSR count). The van der Waals surface area contributed by atoms with Crippen molar-refractivity contribution in [2.75, 3.05) is 18.2 Å².